The van der Waals surface area contributed by atoms with E-state index in [1.807, 2.05) is 36.4 Å². The van der Waals surface area contributed by atoms with Crippen LogP contribution >= 0.6 is 0 Å². The Morgan fingerprint density at radius 1 is 1.09 bits per heavy atom. The van der Waals surface area contributed by atoms with Gasteiger partial charge in [0.2, 0.25) is 0 Å². The van der Waals surface area contributed by atoms with Crippen LogP contribution in [0.4, 0.5) is 0 Å². The van der Waals surface area contributed by atoms with Crippen LogP contribution < -0.4 is 9.47 Å². The zero-order valence-corrected chi connectivity index (χ0v) is 13.2. The van der Waals surface area contributed by atoms with Crippen LogP contribution in [0, 0.1) is 0 Å². The minimum Gasteiger partial charge on any atom is -0.497 e. The maximum atomic E-state index is 12.1. The van der Waals surface area contributed by atoms with Gasteiger partial charge in [0.1, 0.15) is 17.1 Å². The fourth-order valence-electron chi connectivity index (χ4n) is 2.44. The third kappa shape index (κ3) is 3.37. The summed E-state index contributed by atoms with van der Waals surface area (Å²) in [6.07, 6.45) is 2.71. The Balaban J connectivity index is 1.72. The van der Waals surface area contributed by atoms with Crippen molar-refractivity contribution in [3.8, 4) is 11.5 Å². The topological polar surface area (TPSA) is 48.7 Å². The number of hydrogen-bond donors (Lipinski definition) is 0. The quantitative estimate of drug-likeness (QED) is 0.524. The van der Waals surface area contributed by atoms with E-state index in [-0.39, 0.29) is 12.4 Å². The number of rotatable bonds is 5. The summed E-state index contributed by atoms with van der Waals surface area (Å²) in [5.41, 5.74) is 2.71. The van der Waals surface area contributed by atoms with Crippen molar-refractivity contribution in [1.82, 2.24) is 0 Å². The lowest BCUT2D eigenvalue weighted by molar-refractivity contribution is -0.133. The molecule has 0 saturated carbocycles. The largest absolute Gasteiger partial charge is 0.497 e. The lowest BCUT2D eigenvalue weighted by Gasteiger charge is -2.04. The molecule has 0 unspecified atom stereocenters. The Hall–Kier alpha value is -2.75. The second-order valence-corrected chi connectivity index (χ2v) is 5.27. The van der Waals surface area contributed by atoms with Crippen molar-refractivity contribution < 1.29 is 18.7 Å². The van der Waals surface area contributed by atoms with Gasteiger partial charge in [-0.15, -0.1) is 0 Å². The molecule has 0 saturated heterocycles. The molecule has 0 radical (unpaired) electrons. The van der Waals surface area contributed by atoms with Gasteiger partial charge in [-0.3, -0.25) is 4.79 Å². The highest BCUT2D eigenvalue weighted by atomic mass is 16.5. The van der Waals surface area contributed by atoms with Gasteiger partial charge in [-0.2, -0.15) is 0 Å². The summed E-state index contributed by atoms with van der Waals surface area (Å²) in [6, 6.07) is 13.1. The van der Waals surface area contributed by atoms with Crippen molar-refractivity contribution in [1.29, 1.82) is 0 Å². The molecule has 2 aromatic carbocycles. The van der Waals surface area contributed by atoms with Crippen molar-refractivity contribution in [3.05, 3.63) is 59.9 Å². The third-order valence-electron chi connectivity index (χ3n) is 3.76. The number of ether oxygens (including phenoxy) is 2. The number of carbonyl (C=O) groups is 1. The lowest BCUT2D eigenvalue weighted by Crippen LogP contribution is -2.10. The number of carbonyl (C=O) groups excluding carboxylic acids is 1. The molecule has 4 nitrogen and oxygen atoms in total. The second-order valence-electron chi connectivity index (χ2n) is 5.27. The predicted molar refractivity (Wildman–Crippen MR) is 87.9 cm³/mol. The third-order valence-corrected chi connectivity index (χ3v) is 3.76. The molecule has 3 rings (SSSR count). The molecule has 0 aliphatic carbocycles. The van der Waals surface area contributed by atoms with Crippen LogP contribution in [0.1, 0.15) is 18.1 Å². The molecule has 0 spiro atoms. The zero-order valence-electron chi connectivity index (χ0n) is 13.2. The summed E-state index contributed by atoms with van der Waals surface area (Å²) in [4.78, 5) is 12.1. The molecule has 0 aliphatic heterocycles. The lowest BCUT2D eigenvalue weighted by atomic mass is 10.1. The van der Waals surface area contributed by atoms with Crippen molar-refractivity contribution in [3.63, 3.8) is 0 Å². The van der Waals surface area contributed by atoms with E-state index in [0.717, 1.165) is 23.1 Å². The van der Waals surface area contributed by atoms with Crippen LogP contribution in [0.5, 0.6) is 11.5 Å². The van der Waals surface area contributed by atoms with E-state index in [9.17, 15) is 4.79 Å². The maximum absolute atomic E-state index is 12.1. The summed E-state index contributed by atoms with van der Waals surface area (Å²) in [6.45, 7) is 2.08. The fourth-order valence-corrected chi connectivity index (χ4v) is 2.44. The molecule has 4 heteroatoms. The normalized spacial score (nSPS) is 10.7. The smallest absolute Gasteiger partial charge is 0.315 e. The number of aryl methyl sites for hydroxylation is 1. The number of methoxy groups -OCH3 is 1. The van der Waals surface area contributed by atoms with Gasteiger partial charge in [-0.25, -0.2) is 0 Å². The highest BCUT2D eigenvalue weighted by molar-refractivity contribution is 5.87. The molecule has 1 aromatic heterocycles. The maximum Gasteiger partial charge on any atom is 0.315 e. The summed E-state index contributed by atoms with van der Waals surface area (Å²) >= 11 is 0. The van der Waals surface area contributed by atoms with Crippen LogP contribution in [-0.4, -0.2) is 13.1 Å². The average molecular weight is 310 g/mol. The van der Waals surface area contributed by atoms with Gasteiger partial charge in [0.15, 0.2) is 0 Å². The number of esters is 1. The molecule has 0 N–H and O–H groups in total. The Kier molecular flexibility index (Phi) is 4.33. The zero-order chi connectivity index (χ0) is 16.2. The molecular formula is C19H18O4. The first-order valence-corrected chi connectivity index (χ1v) is 7.53. The van der Waals surface area contributed by atoms with E-state index in [4.69, 9.17) is 13.9 Å². The molecule has 23 heavy (non-hydrogen) atoms. The first-order valence-electron chi connectivity index (χ1n) is 7.53. The van der Waals surface area contributed by atoms with Crippen molar-refractivity contribution in [2.75, 3.05) is 7.11 Å². The summed E-state index contributed by atoms with van der Waals surface area (Å²) < 4.78 is 16.0. The van der Waals surface area contributed by atoms with E-state index in [1.54, 1.807) is 19.4 Å². The number of furan rings is 1. The van der Waals surface area contributed by atoms with Crippen LogP contribution in [0.15, 0.2) is 53.1 Å². The van der Waals surface area contributed by atoms with Gasteiger partial charge < -0.3 is 13.9 Å². The first kappa shape index (κ1) is 15.2. The van der Waals surface area contributed by atoms with Crippen molar-refractivity contribution >= 4 is 16.9 Å². The van der Waals surface area contributed by atoms with E-state index in [0.29, 0.717) is 11.3 Å². The molecule has 3 aromatic rings. The second kappa shape index (κ2) is 6.57. The van der Waals surface area contributed by atoms with Gasteiger partial charge in [0.05, 0.1) is 19.8 Å². The Morgan fingerprint density at radius 2 is 1.83 bits per heavy atom. The Labute approximate surface area is 134 Å². The van der Waals surface area contributed by atoms with Gasteiger partial charge in [-0.05, 0) is 36.2 Å². The molecule has 0 bridgehead atoms. The SMILES string of the molecule is CCc1ccc(OC(=O)Cc2coc3cc(OC)ccc23)cc1. The van der Waals surface area contributed by atoms with Crippen LogP contribution in [-0.2, 0) is 17.6 Å². The molecule has 0 atom stereocenters. The highest BCUT2D eigenvalue weighted by Crippen LogP contribution is 2.26. The van der Waals surface area contributed by atoms with Gasteiger partial charge in [-0.1, -0.05) is 19.1 Å². The van der Waals surface area contributed by atoms with Gasteiger partial charge in [0.25, 0.3) is 0 Å². The summed E-state index contributed by atoms with van der Waals surface area (Å²) in [5.74, 6) is 0.964. The van der Waals surface area contributed by atoms with Gasteiger partial charge >= 0.3 is 5.97 Å². The number of benzene rings is 2. The monoisotopic (exact) mass is 310 g/mol. The standard InChI is InChI=1S/C19H18O4/c1-3-13-4-6-15(7-5-13)23-19(20)10-14-12-22-18-11-16(21-2)8-9-17(14)18/h4-9,11-12H,3,10H2,1-2H3. The molecule has 0 amide bonds. The van der Waals surface area contributed by atoms with Crippen LogP contribution in [0.2, 0.25) is 0 Å². The van der Waals surface area contributed by atoms with E-state index >= 15 is 0 Å². The predicted octanol–water partition coefficient (Wildman–Crippen LogP) is 4.15. The molecule has 0 fully saturated rings. The number of hydrogen-bond acceptors (Lipinski definition) is 4. The minimum absolute atomic E-state index is 0.162. The first-order chi connectivity index (χ1) is 11.2. The minimum atomic E-state index is -0.312. The van der Waals surface area contributed by atoms with Crippen LogP contribution in [0.25, 0.3) is 11.0 Å². The van der Waals surface area contributed by atoms with E-state index in [2.05, 4.69) is 6.92 Å². The molecule has 1 heterocycles. The summed E-state index contributed by atoms with van der Waals surface area (Å²) in [7, 11) is 1.60. The van der Waals surface area contributed by atoms with Crippen molar-refractivity contribution in [2.24, 2.45) is 0 Å². The van der Waals surface area contributed by atoms with Crippen LogP contribution in [0.3, 0.4) is 0 Å². The summed E-state index contributed by atoms with van der Waals surface area (Å²) in [5, 5.41) is 0.893. The van der Waals surface area contributed by atoms with Gasteiger partial charge in [0, 0.05) is 17.0 Å². The fraction of sp³-hybridized carbons (Fsp3) is 0.211. The van der Waals surface area contributed by atoms with Crippen molar-refractivity contribution in [2.45, 2.75) is 19.8 Å². The van der Waals surface area contributed by atoms with E-state index in [1.165, 1.54) is 5.56 Å². The Bertz CT molecular complexity index is 815. The molecule has 118 valence electrons. The van der Waals surface area contributed by atoms with E-state index < -0.39 is 0 Å². The molecular weight excluding hydrogens is 292 g/mol. The highest BCUT2D eigenvalue weighted by Gasteiger charge is 2.13. The number of fused-ring (bicyclic) bond motifs is 1. The average Bonchev–Trinajstić information content (AvgIpc) is 2.97. The Morgan fingerprint density at radius 3 is 2.52 bits per heavy atom. The molecule has 0 aliphatic rings.